The van der Waals surface area contributed by atoms with Crippen molar-refractivity contribution in [3.63, 3.8) is 0 Å². The molecule has 0 spiro atoms. The number of hydrogen-bond donors (Lipinski definition) is 2. The summed E-state index contributed by atoms with van der Waals surface area (Å²) in [6.45, 7) is 3.11. The van der Waals surface area contributed by atoms with Gasteiger partial charge in [0.05, 0.1) is 5.52 Å². The maximum Gasteiger partial charge on any atom is 0.0722 e. The molecule has 1 aliphatic heterocycles. The molecule has 1 aromatic heterocycles. The normalized spacial score (nSPS) is 19.8. The number of aromatic nitrogens is 1. The molecule has 0 aliphatic carbocycles. The van der Waals surface area contributed by atoms with Crippen molar-refractivity contribution in [2.45, 2.75) is 12.5 Å². The van der Waals surface area contributed by atoms with E-state index >= 15 is 0 Å². The Morgan fingerprint density at radius 3 is 3.11 bits per heavy atom. The second-order valence-corrected chi connectivity index (χ2v) is 4.91. The average molecular weight is 257 g/mol. The number of nitrogens with zero attached hydrogens (tertiary/aromatic N) is 2. The molecule has 4 heteroatoms. The lowest BCUT2D eigenvalue weighted by atomic mass is 10.1. The number of benzene rings is 1. The molecule has 100 valence electrons. The molecular formula is C15H19N3O. The average Bonchev–Trinajstić information content (AvgIpc) is 2.48. The maximum absolute atomic E-state index is 9.23. The number of piperazine rings is 1. The number of hydrogen-bond acceptors (Lipinski definition) is 4. The Kier molecular flexibility index (Phi) is 3.62. The van der Waals surface area contributed by atoms with Crippen molar-refractivity contribution in [3.05, 3.63) is 36.5 Å². The smallest absolute Gasteiger partial charge is 0.0722 e. The molecule has 4 nitrogen and oxygen atoms in total. The molecular weight excluding hydrogens is 238 g/mol. The molecule has 19 heavy (non-hydrogen) atoms. The summed E-state index contributed by atoms with van der Waals surface area (Å²) in [5.74, 6) is 0. The number of anilines is 1. The highest BCUT2D eigenvalue weighted by molar-refractivity contribution is 5.91. The van der Waals surface area contributed by atoms with Gasteiger partial charge >= 0.3 is 0 Å². The molecule has 2 heterocycles. The van der Waals surface area contributed by atoms with Crippen LogP contribution in [0.5, 0.6) is 0 Å². The molecule has 1 fully saturated rings. The van der Waals surface area contributed by atoms with Crippen molar-refractivity contribution in [3.8, 4) is 0 Å². The summed E-state index contributed by atoms with van der Waals surface area (Å²) < 4.78 is 0. The van der Waals surface area contributed by atoms with E-state index in [1.54, 1.807) is 0 Å². The Bertz CT molecular complexity index is 551. The summed E-state index contributed by atoms with van der Waals surface area (Å²) in [6.07, 6.45) is 2.67. The zero-order valence-electron chi connectivity index (χ0n) is 10.9. The van der Waals surface area contributed by atoms with Gasteiger partial charge in [-0.15, -0.1) is 0 Å². The summed E-state index contributed by atoms with van der Waals surface area (Å²) in [4.78, 5) is 6.82. The molecule has 1 aromatic carbocycles. The van der Waals surface area contributed by atoms with Crippen LogP contribution in [-0.2, 0) is 0 Å². The van der Waals surface area contributed by atoms with E-state index < -0.39 is 0 Å². The van der Waals surface area contributed by atoms with E-state index in [1.807, 2.05) is 18.3 Å². The van der Waals surface area contributed by atoms with Gasteiger partial charge in [0.15, 0.2) is 0 Å². The summed E-state index contributed by atoms with van der Waals surface area (Å²) in [6, 6.07) is 10.7. The van der Waals surface area contributed by atoms with Crippen molar-refractivity contribution in [1.29, 1.82) is 0 Å². The number of para-hydroxylation sites is 1. The maximum atomic E-state index is 9.23. The van der Waals surface area contributed by atoms with Crippen LogP contribution in [0.4, 0.5) is 5.69 Å². The molecule has 2 aromatic rings. The summed E-state index contributed by atoms with van der Waals surface area (Å²) in [5, 5.41) is 13.8. The molecule has 0 radical (unpaired) electrons. The molecule has 3 rings (SSSR count). The first-order valence-electron chi connectivity index (χ1n) is 6.82. The van der Waals surface area contributed by atoms with E-state index in [1.165, 1.54) is 11.1 Å². The molecule has 0 saturated carbocycles. The Balaban J connectivity index is 2.02. The number of aliphatic hydroxyl groups excluding tert-OH is 1. The highest BCUT2D eigenvalue weighted by Gasteiger charge is 2.23. The van der Waals surface area contributed by atoms with Gasteiger partial charge in [-0.3, -0.25) is 4.98 Å². The monoisotopic (exact) mass is 257 g/mol. The predicted molar refractivity (Wildman–Crippen MR) is 77.4 cm³/mol. The first-order valence-corrected chi connectivity index (χ1v) is 6.82. The largest absolute Gasteiger partial charge is 0.396 e. The standard InChI is InChI=1S/C15H19N3O/c19-10-6-12-11-16-8-9-18(12)15-5-7-17-14-4-2-1-3-13(14)15/h1-5,7,12,16,19H,6,8-11H2. The van der Waals surface area contributed by atoms with Crippen molar-refractivity contribution in [1.82, 2.24) is 10.3 Å². The Hall–Kier alpha value is -1.65. The van der Waals surface area contributed by atoms with Gasteiger partial charge in [-0.2, -0.15) is 0 Å². The molecule has 2 N–H and O–H groups in total. The van der Waals surface area contributed by atoms with E-state index in [2.05, 4.69) is 33.4 Å². The fourth-order valence-electron chi connectivity index (χ4n) is 2.82. The minimum atomic E-state index is 0.228. The number of fused-ring (bicyclic) bond motifs is 1. The number of aliphatic hydroxyl groups is 1. The SMILES string of the molecule is OCCC1CNCCN1c1ccnc2ccccc12. The third-order valence-corrected chi connectivity index (χ3v) is 3.75. The van der Waals surface area contributed by atoms with Gasteiger partial charge in [0, 0.05) is 49.6 Å². The van der Waals surface area contributed by atoms with Crippen LogP contribution in [0, 0.1) is 0 Å². The number of pyridine rings is 1. The quantitative estimate of drug-likeness (QED) is 0.872. The zero-order chi connectivity index (χ0) is 13.1. The van der Waals surface area contributed by atoms with Crippen molar-refractivity contribution >= 4 is 16.6 Å². The molecule has 0 bridgehead atoms. The van der Waals surface area contributed by atoms with Crippen molar-refractivity contribution < 1.29 is 5.11 Å². The summed E-state index contributed by atoms with van der Waals surface area (Å²) >= 11 is 0. The minimum Gasteiger partial charge on any atom is -0.396 e. The second kappa shape index (κ2) is 5.55. The van der Waals surface area contributed by atoms with Crippen LogP contribution in [0.1, 0.15) is 6.42 Å². The van der Waals surface area contributed by atoms with Crippen LogP contribution in [0.25, 0.3) is 10.9 Å². The summed E-state index contributed by atoms with van der Waals surface area (Å²) in [7, 11) is 0. The van der Waals surface area contributed by atoms with E-state index in [0.717, 1.165) is 31.6 Å². The van der Waals surface area contributed by atoms with Crippen LogP contribution >= 0.6 is 0 Å². The van der Waals surface area contributed by atoms with E-state index in [-0.39, 0.29) is 6.61 Å². The molecule has 1 unspecified atom stereocenters. The van der Waals surface area contributed by atoms with E-state index in [4.69, 9.17) is 0 Å². The van der Waals surface area contributed by atoms with Gasteiger partial charge in [0.2, 0.25) is 0 Å². The van der Waals surface area contributed by atoms with Crippen LogP contribution in [0.2, 0.25) is 0 Å². The Labute approximate surface area is 113 Å². The third kappa shape index (κ3) is 2.41. The molecule has 1 saturated heterocycles. The molecule has 0 amide bonds. The van der Waals surface area contributed by atoms with Gasteiger partial charge < -0.3 is 15.3 Å². The van der Waals surface area contributed by atoms with Crippen LogP contribution in [0.15, 0.2) is 36.5 Å². The fraction of sp³-hybridized carbons (Fsp3) is 0.400. The topological polar surface area (TPSA) is 48.4 Å². The summed E-state index contributed by atoms with van der Waals surface area (Å²) in [5.41, 5.74) is 2.26. The third-order valence-electron chi connectivity index (χ3n) is 3.75. The first kappa shape index (κ1) is 12.4. The van der Waals surface area contributed by atoms with Gasteiger partial charge in [0.25, 0.3) is 0 Å². The number of nitrogens with one attached hydrogen (secondary N) is 1. The molecule has 1 atom stereocenters. The van der Waals surface area contributed by atoms with Crippen molar-refractivity contribution in [2.75, 3.05) is 31.1 Å². The highest BCUT2D eigenvalue weighted by atomic mass is 16.3. The molecule has 1 aliphatic rings. The van der Waals surface area contributed by atoms with Crippen LogP contribution in [-0.4, -0.2) is 42.4 Å². The van der Waals surface area contributed by atoms with Gasteiger partial charge in [0.1, 0.15) is 0 Å². The second-order valence-electron chi connectivity index (χ2n) is 4.91. The van der Waals surface area contributed by atoms with Gasteiger partial charge in [-0.05, 0) is 18.6 Å². The van der Waals surface area contributed by atoms with E-state index in [0.29, 0.717) is 6.04 Å². The van der Waals surface area contributed by atoms with Crippen LogP contribution in [0.3, 0.4) is 0 Å². The highest BCUT2D eigenvalue weighted by Crippen LogP contribution is 2.27. The lowest BCUT2D eigenvalue weighted by Crippen LogP contribution is -2.51. The first-order chi connectivity index (χ1) is 9.40. The zero-order valence-corrected chi connectivity index (χ0v) is 10.9. The minimum absolute atomic E-state index is 0.228. The fourth-order valence-corrected chi connectivity index (χ4v) is 2.82. The van der Waals surface area contributed by atoms with Crippen molar-refractivity contribution in [2.24, 2.45) is 0 Å². The lowest BCUT2D eigenvalue weighted by Gasteiger charge is -2.38. The lowest BCUT2D eigenvalue weighted by molar-refractivity contribution is 0.266. The predicted octanol–water partition coefficient (Wildman–Crippen LogP) is 1.40. The Morgan fingerprint density at radius 1 is 1.32 bits per heavy atom. The van der Waals surface area contributed by atoms with Gasteiger partial charge in [-0.1, -0.05) is 18.2 Å². The number of rotatable bonds is 3. The Morgan fingerprint density at radius 2 is 2.21 bits per heavy atom. The van der Waals surface area contributed by atoms with Crippen LogP contribution < -0.4 is 10.2 Å². The van der Waals surface area contributed by atoms with E-state index in [9.17, 15) is 5.11 Å². The van der Waals surface area contributed by atoms with Gasteiger partial charge in [-0.25, -0.2) is 0 Å².